The Morgan fingerprint density at radius 1 is 1.32 bits per heavy atom. The van der Waals surface area contributed by atoms with E-state index < -0.39 is 10.8 Å². The number of carbonyl (C=O) groups is 1. The lowest BCUT2D eigenvalue weighted by molar-refractivity contribution is -0.123. The van der Waals surface area contributed by atoms with Gasteiger partial charge < -0.3 is 5.32 Å². The summed E-state index contributed by atoms with van der Waals surface area (Å²) in [5.74, 6) is -0.0808. The van der Waals surface area contributed by atoms with Crippen molar-refractivity contribution >= 4 is 27.5 Å². The van der Waals surface area contributed by atoms with Crippen molar-refractivity contribution in [1.29, 1.82) is 5.26 Å². The van der Waals surface area contributed by atoms with E-state index >= 15 is 0 Å². The first-order chi connectivity index (χ1) is 11.9. The highest BCUT2D eigenvalue weighted by atomic mass is 79.9. The quantitative estimate of drug-likeness (QED) is 0.421. The van der Waals surface area contributed by atoms with E-state index in [0.717, 1.165) is 22.1 Å². The standard InChI is InChI=1S/C21H27BrN2O/c1-4-5-6-7-8-9-12-20(2,3)21(13-14-23)17-11-10-16(22)15-18(17)24-19(21)25/h9-12,15H,4-8,13H2,1-3H3,(H,24,25)/b12-9+/t21-/m1/s1. The highest BCUT2D eigenvalue weighted by molar-refractivity contribution is 9.10. The summed E-state index contributed by atoms with van der Waals surface area (Å²) in [4.78, 5) is 13.0. The topological polar surface area (TPSA) is 52.9 Å². The first-order valence-corrected chi connectivity index (χ1v) is 9.84. The Hall–Kier alpha value is -1.60. The molecule has 1 amide bonds. The predicted octanol–water partition coefficient (Wildman–Crippen LogP) is 6.11. The minimum absolute atomic E-state index is 0.0808. The Morgan fingerprint density at radius 3 is 2.76 bits per heavy atom. The van der Waals surface area contributed by atoms with Crippen molar-refractivity contribution in [2.24, 2.45) is 5.41 Å². The van der Waals surface area contributed by atoms with E-state index in [0.29, 0.717) is 0 Å². The summed E-state index contributed by atoms with van der Waals surface area (Å²) in [5.41, 5.74) is 0.427. The average Bonchev–Trinajstić information content (AvgIpc) is 2.83. The highest BCUT2D eigenvalue weighted by Crippen LogP contribution is 2.52. The second kappa shape index (κ2) is 8.19. The van der Waals surface area contributed by atoms with Gasteiger partial charge in [-0.2, -0.15) is 5.26 Å². The van der Waals surface area contributed by atoms with Gasteiger partial charge in [0, 0.05) is 15.6 Å². The molecule has 3 nitrogen and oxygen atoms in total. The van der Waals surface area contributed by atoms with Crippen LogP contribution in [-0.2, 0) is 10.2 Å². The van der Waals surface area contributed by atoms with Gasteiger partial charge in [0.1, 0.15) is 0 Å². The number of unbranched alkanes of at least 4 members (excludes halogenated alkanes) is 4. The SMILES string of the molecule is CCCCCC/C=C/C(C)(C)[C@@]1(CC#N)C(=O)Nc2cc(Br)ccc21. The maximum atomic E-state index is 13.0. The number of nitrogens with one attached hydrogen (secondary N) is 1. The summed E-state index contributed by atoms with van der Waals surface area (Å²) in [5, 5.41) is 12.4. The zero-order chi connectivity index (χ0) is 18.5. The molecule has 0 radical (unpaired) electrons. The van der Waals surface area contributed by atoms with Crippen LogP contribution < -0.4 is 5.32 Å². The van der Waals surface area contributed by atoms with Crippen LogP contribution >= 0.6 is 15.9 Å². The molecule has 1 aromatic rings. The number of nitriles is 1. The minimum Gasteiger partial charge on any atom is -0.325 e. The van der Waals surface area contributed by atoms with Gasteiger partial charge in [0.2, 0.25) is 5.91 Å². The van der Waals surface area contributed by atoms with E-state index in [9.17, 15) is 10.1 Å². The van der Waals surface area contributed by atoms with Crippen LogP contribution in [0.15, 0.2) is 34.8 Å². The number of rotatable bonds is 8. The van der Waals surface area contributed by atoms with Crippen molar-refractivity contribution < 1.29 is 4.79 Å². The van der Waals surface area contributed by atoms with E-state index in [1.54, 1.807) is 0 Å². The molecule has 0 unspecified atom stereocenters. The number of halogens is 1. The molecule has 0 fully saturated rings. The van der Waals surface area contributed by atoms with Crippen LogP contribution in [0.3, 0.4) is 0 Å². The smallest absolute Gasteiger partial charge is 0.237 e. The van der Waals surface area contributed by atoms with Gasteiger partial charge in [-0.15, -0.1) is 0 Å². The minimum atomic E-state index is -0.850. The Morgan fingerprint density at radius 2 is 2.08 bits per heavy atom. The lowest BCUT2D eigenvalue weighted by Gasteiger charge is -2.39. The molecule has 1 aromatic carbocycles. The number of amides is 1. The van der Waals surface area contributed by atoms with Crippen molar-refractivity contribution in [2.75, 3.05) is 5.32 Å². The van der Waals surface area contributed by atoms with E-state index in [1.807, 2.05) is 18.2 Å². The lowest BCUT2D eigenvalue weighted by atomic mass is 9.60. The third kappa shape index (κ3) is 3.82. The molecule has 134 valence electrons. The number of allylic oxidation sites excluding steroid dienone is 2. The molecule has 1 N–H and O–H groups in total. The molecule has 0 bridgehead atoms. The van der Waals surface area contributed by atoms with Crippen molar-refractivity contribution in [3.05, 3.63) is 40.4 Å². The number of hydrogen-bond donors (Lipinski definition) is 1. The van der Waals surface area contributed by atoms with Gasteiger partial charge in [-0.25, -0.2) is 0 Å². The zero-order valence-corrected chi connectivity index (χ0v) is 16.9. The summed E-state index contributed by atoms with van der Waals surface area (Å²) < 4.78 is 0.920. The molecule has 25 heavy (non-hydrogen) atoms. The third-order valence-electron chi connectivity index (χ3n) is 5.28. The van der Waals surface area contributed by atoms with Crippen LogP contribution in [0.4, 0.5) is 5.69 Å². The first-order valence-electron chi connectivity index (χ1n) is 9.05. The highest BCUT2D eigenvalue weighted by Gasteiger charge is 2.55. The summed E-state index contributed by atoms with van der Waals surface area (Å²) in [6, 6.07) is 8.07. The number of benzene rings is 1. The fourth-order valence-electron chi connectivity index (χ4n) is 3.71. The first kappa shape index (κ1) is 19.7. The molecule has 1 heterocycles. The van der Waals surface area contributed by atoms with Crippen molar-refractivity contribution in [3.63, 3.8) is 0 Å². The lowest BCUT2D eigenvalue weighted by Crippen LogP contribution is -2.46. The summed E-state index contributed by atoms with van der Waals surface area (Å²) in [6.45, 7) is 6.33. The molecule has 0 saturated carbocycles. The Bertz CT molecular complexity index is 702. The van der Waals surface area contributed by atoms with Gasteiger partial charge in [0.15, 0.2) is 0 Å². The summed E-state index contributed by atoms with van der Waals surface area (Å²) in [6.07, 6.45) is 10.4. The number of carbonyl (C=O) groups excluding carboxylic acids is 1. The molecular weight excluding hydrogens is 376 g/mol. The molecule has 0 saturated heterocycles. The van der Waals surface area contributed by atoms with E-state index in [4.69, 9.17) is 0 Å². The molecular formula is C21H27BrN2O. The van der Waals surface area contributed by atoms with Gasteiger partial charge >= 0.3 is 0 Å². The van der Waals surface area contributed by atoms with Gasteiger partial charge in [-0.05, 0) is 30.5 Å². The van der Waals surface area contributed by atoms with Crippen molar-refractivity contribution in [2.45, 2.75) is 64.7 Å². The summed E-state index contributed by atoms with van der Waals surface area (Å²) >= 11 is 3.45. The number of nitrogens with zero attached hydrogens (tertiary/aromatic N) is 1. The van der Waals surface area contributed by atoms with Crippen LogP contribution in [0.1, 0.15) is 64.9 Å². The molecule has 0 spiro atoms. The fraction of sp³-hybridized carbons (Fsp3) is 0.524. The van der Waals surface area contributed by atoms with Crippen LogP contribution in [-0.4, -0.2) is 5.91 Å². The van der Waals surface area contributed by atoms with Crippen molar-refractivity contribution in [3.8, 4) is 6.07 Å². The Balaban J connectivity index is 2.32. The molecule has 0 aliphatic carbocycles. The Kier molecular flexibility index (Phi) is 6.46. The third-order valence-corrected chi connectivity index (χ3v) is 5.77. The zero-order valence-electron chi connectivity index (χ0n) is 15.4. The van der Waals surface area contributed by atoms with Gasteiger partial charge in [0.25, 0.3) is 0 Å². The maximum absolute atomic E-state index is 13.0. The van der Waals surface area contributed by atoms with Crippen LogP contribution in [0, 0.1) is 16.7 Å². The van der Waals surface area contributed by atoms with E-state index in [1.165, 1.54) is 25.7 Å². The van der Waals surface area contributed by atoms with Crippen molar-refractivity contribution in [1.82, 2.24) is 0 Å². The maximum Gasteiger partial charge on any atom is 0.237 e. The Labute approximate surface area is 159 Å². The second-order valence-corrected chi connectivity index (χ2v) is 8.27. The molecule has 0 aromatic heterocycles. The number of anilines is 1. The second-order valence-electron chi connectivity index (χ2n) is 7.36. The average molecular weight is 403 g/mol. The van der Waals surface area contributed by atoms with Crippen LogP contribution in [0.5, 0.6) is 0 Å². The molecule has 1 aliphatic heterocycles. The molecule has 1 atom stereocenters. The largest absolute Gasteiger partial charge is 0.325 e. The van der Waals surface area contributed by atoms with E-state index in [2.05, 4.69) is 60.2 Å². The van der Waals surface area contributed by atoms with E-state index in [-0.39, 0.29) is 12.3 Å². The molecule has 2 rings (SSSR count). The summed E-state index contributed by atoms with van der Waals surface area (Å²) in [7, 11) is 0. The van der Waals surface area contributed by atoms with Gasteiger partial charge in [0.05, 0.1) is 17.9 Å². The van der Waals surface area contributed by atoms with Crippen LogP contribution in [0.25, 0.3) is 0 Å². The number of fused-ring (bicyclic) bond motifs is 1. The van der Waals surface area contributed by atoms with Gasteiger partial charge in [-0.1, -0.05) is 74.2 Å². The molecule has 4 heteroatoms. The normalized spacial score (nSPS) is 19.7. The molecule has 1 aliphatic rings. The monoisotopic (exact) mass is 402 g/mol. The predicted molar refractivity (Wildman–Crippen MR) is 106 cm³/mol. The number of hydrogen-bond acceptors (Lipinski definition) is 2. The fourth-order valence-corrected chi connectivity index (χ4v) is 4.08. The van der Waals surface area contributed by atoms with Crippen LogP contribution in [0.2, 0.25) is 0 Å². The van der Waals surface area contributed by atoms with Gasteiger partial charge in [-0.3, -0.25) is 4.79 Å².